The van der Waals surface area contributed by atoms with Crippen LogP contribution in [0.4, 0.5) is 5.69 Å². The van der Waals surface area contributed by atoms with Crippen molar-refractivity contribution in [3.8, 4) is 0 Å². The third-order valence-corrected chi connectivity index (χ3v) is 6.46. The Morgan fingerprint density at radius 2 is 1.50 bits per heavy atom. The summed E-state index contributed by atoms with van der Waals surface area (Å²) in [5, 5.41) is 20.2. The zero-order valence-corrected chi connectivity index (χ0v) is 19.0. The van der Waals surface area contributed by atoms with Crippen LogP contribution in [0.3, 0.4) is 0 Å². The van der Waals surface area contributed by atoms with E-state index in [1.807, 2.05) is 18.2 Å². The Morgan fingerprint density at radius 3 is 2.16 bits per heavy atom. The number of rotatable bonds is 12. The van der Waals surface area contributed by atoms with Gasteiger partial charge in [0.2, 0.25) is 0 Å². The lowest BCUT2D eigenvalue weighted by Crippen LogP contribution is -2.42. The number of carbonyl (C=O) groups is 2. The molecule has 5 heteroatoms. The van der Waals surface area contributed by atoms with Crippen molar-refractivity contribution in [1.29, 1.82) is 0 Å². The van der Waals surface area contributed by atoms with Crippen LogP contribution in [-0.2, 0) is 0 Å². The molecule has 0 bridgehead atoms. The van der Waals surface area contributed by atoms with Crippen LogP contribution in [0.2, 0.25) is 0 Å². The molecule has 0 amide bonds. The lowest BCUT2D eigenvalue weighted by atomic mass is 9.96. The Balaban J connectivity index is 1.89. The van der Waals surface area contributed by atoms with Gasteiger partial charge in [-0.15, -0.1) is 0 Å². The minimum absolute atomic E-state index is 0.00989. The number of aliphatic hydroxyl groups is 1. The van der Waals surface area contributed by atoms with Crippen LogP contribution in [0.25, 0.3) is 0 Å². The first-order valence-corrected chi connectivity index (χ1v) is 11.9. The summed E-state index contributed by atoms with van der Waals surface area (Å²) in [5.41, 5.74) is 1.48. The van der Waals surface area contributed by atoms with Crippen LogP contribution in [0.1, 0.15) is 91.0 Å². The summed E-state index contributed by atoms with van der Waals surface area (Å²) in [6.07, 6.45) is 9.25. The van der Waals surface area contributed by atoms with Crippen LogP contribution < -0.4 is 4.90 Å². The summed E-state index contributed by atoms with van der Waals surface area (Å²) in [4.78, 5) is 27.4. The number of carboxylic acids is 1. The molecule has 1 aliphatic rings. The molecule has 3 rings (SSSR count). The predicted molar refractivity (Wildman–Crippen MR) is 128 cm³/mol. The highest BCUT2D eigenvalue weighted by atomic mass is 16.4. The average Bonchev–Trinajstić information content (AvgIpc) is 3.23. The smallest absolute Gasteiger partial charge is 0.336 e. The van der Waals surface area contributed by atoms with E-state index in [0.29, 0.717) is 5.56 Å². The van der Waals surface area contributed by atoms with E-state index >= 15 is 0 Å². The van der Waals surface area contributed by atoms with Gasteiger partial charge in [0.15, 0.2) is 5.78 Å². The van der Waals surface area contributed by atoms with Gasteiger partial charge < -0.3 is 15.1 Å². The van der Waals surface area contributed by atoms with Gasteiger partial charge in [-0.05, 0) is 43.9 Å². The molecule has 0 radical (unpaired) electrons. The Morgan fingerprint density at radius 1 is 0.875 bits per heavy atom. The maximum absolute atomic E-state index is 13.5. The topological polar surface area (TPSA) is 77.8 Å². The summed E-state index contributed by atoms with van der Waals surface area (Å²) in [6, 6.07) is 13.8. The highest BCUT2D eigenvalue weighted by Crippen LogP contribution is 2.33. The van der Waals surface area contributed by atoms with Gasteiger partial charge in [-0.25, -0.2) is 4.79 Å². The van der Waals surface area contributed by atoms with E-state index < -0.39 is 12.1 Å². The molecule has 32 heavy (non-hydrogen) atoms. The SMILES string of the molecule is CCCCCCCCN(c1ccccc1C(=O)c1ccccc1C(=O)O)C1CCCC1O. The maximum Gasteiger partial charge on any atom is 0.336 e. The average molecular weight is 438 g/mol. The zero-order chi connectivity index (χ0) is 22.9. The molecule has 2 aromatic carbocycles. The second kappa shape index (κ2) is 11.8. The third-order valence-electron chi connectivity index (χ3n) is 6.46. The van der Waals surface area contributed by atoms with Gasteiger partial charge in [-0.3, -0.25) is 4.79 Å². The minimum Gasteiger partial charge on any atom is -0.478 e. The predicted octanol–water partition coefficient (Wildman–Crippen LogP) is 5.70. The van der Waals surface area contributed by atoms with E-state index in [-0.39, 0.29) is 23.0 Å². The second-order valence-electron chi connectivity index (χ2n) is 8.72. The van der Waals surface area contributed by atoms with E-state index in [1.54, 1.807) is 24.3 Å². The standard InChI is InChI=1S/C27H35NO4/c1-2-3-4-5-6-11-19-28(24-17-12-18-25(24)29)23-16-10-9-15-22(23)26(30)20-13-7-8-14-21(20)27(31)32/h7-10,13-16,24-25,29H,2-6,11-12,17-19H2,1H3,(H,31,32). The third kappa shape index (κ3) is 5.77. The zero-order valence-electron chi connectivity index (χ0n) is 19.0. The molecule has 1 fully saturated rings. The van der Waals surface area contributed by atoms with Crippen molar-refractivity contribution in [2.75, 3.05) is 11.4 Å². The van der Waals surface area contributed by atoms with Gasteiger partial charge in [0, 0.05) is 23.4 Å². The molecule has 0 aliphatic heterocycles. The van der Waals surface area contributed by atoms with Gasteiger partial charge >= 0.3 is 5.97 Å². The fraction of sp³-hybridized carbons (Fsp3) is 0.481. The van der Waals surface area contributed by atoms with Crippen molar-refractivity contribution in [3.63, 3.8) is 0 Å². The lowest BCUT2D eigenvalue weighted by molar-refractivity contribution is 0.0692. The number of anilines is 1. The van der Waals surface area contributed by atoms with Crippen molar-refractivity contribution in [1.82, 2.24) is 0 Å². The van der Waals surface area contributed by atoms with E-state index in [4.69, 9.17) is 0 Å². The Labute approximate surface area is 191 Å². The molecule has 2 N–H and O–H groups in total. The van der Waals surface area contributed by atoms with Crippen LogP contribution in [-0.4, -0.2) is 40.7 Å². The monoisotopic (exact) mass is 437 g/mol. The highest BCUT2D eigenvalue weighted by molar-refractivity contribution is 6.16. The quantitative estimate of drug-likeness (QED) is 0.329. The van der Waals surface area contributed by atoms with Crippen molar-refractivity contribution < 1.29 is 19.8 Å². The van der Waals surface area contributed by atoms with Gasteiger partial charge in [0.25, 0.3) is 0 Å². The molecule has 172 valence electrons. The second-order valence-corrected chi connectivity index (χ2v) is 8.72. The molecular weight excluding hydrogens is 402 g/mol. The number of carboxylic acid groups (broad SMARTS) is 1. The Bertz CT molecular complexity index is 910. The first kappa shape index (κ1) is 24.0. The van der Waals surface area contributed by atoms with Gasteiger partial charge in [0.1, 0.15) is 0 Å². The molecule has 2 atom stereocenters. The number of carbonyl (C=O) groups excluding carboxylic acids is 1. The molecule has 2 aromatic rings. The number of hydrogen-bond donors (Lipinski definition) is 2. The maximum atomic E-state index is 13.5. The molecule has 1 aliphatic carbocycles. The normalized spacial score (nSPS) is 17.9. The summed E-state index contributed by atoms with van der Waals surface area (Å²) in [7, 11) is 0. The number of aromatic carboxylic acids is 1. The highest BCUT2D eigenvalue weighted by Gasteiger charge is 2.32. The molecule has 1 saturated carbocycles. The number of unbranched alkanes of at least 4 members (excludes halogenated alkanes) is 5. The molecular formula is C27H35NO4. The molecule has 0 aromatic heterocycles. The van der Waals surface area contributed by atoms with Gasteiger partial charge in [-0.1, -0.05) is 69.4 Å². The number of para-hydroxylation sites is 1. The van der Waals surface area contributed by atoms with E-state index in [9.17, 15) is 19.8 Å². The number of benzene rings is 2. The van der Waals surface area contributed by atoms with Crippen LogP contribution in [0, 0.1) is 0 Å². The molecule has 5 nitrogen and oxygen atoms in total. The summed E-state index contributed by atoms with van der Waals surface area (Å²) < 4.78 is 0. The summed E-state index contributed by atoms with van der Waals surface area (Å²) in [6.45, 7) is 2.98. The van der Waals surface area contributed by atoms with Crippen LogP contribution in [0.5, 0.6) is 0 Å². The van der Waals surface area contributed by atoms with Crippen molar-refractivity contribution in [2.45, 2.75) is 76.9 Å². The summed E-state index contributed by atoms with van der Waals surface area (Å²) in [5.74, 6) is -1.40. The summed E-state index contributed by atoms with van der Waals surface area (Å²) >= 11 is 0. The van der Waals surface area contributed by atoms with Crippen molar-refractivity contribution >= 4 is 17.4 Å². The van der Waals surface area contributed by atoms with Crippen LogP contribution >= 0.6 is 0 Å². The minimum atomic E-state index is -1.11. The molecule has 2 unspecified atom stereocenters. The van der Waals surface area contributed by atoms with Crippen LogP contribution in [0.15, 0.2) is 48.5 Å². The molecule has 0 saturated heterocycles. The first-order chi connectivity index (χ1) is 15.5. The number of nitrogens with zero attached hydrogens (tertiary/aromatic N) is 1. The van der Waals surface area contributed by atoms with Crippen molar-refractivity contribution in [3.05, 3.63) is 65.2 Å². The Hall–Kier alpha value is -2.66. The fourth-order valence-corrected chi connectivity index (χ4v) is 4.74. The number of ketones is 1. The number of hydrogen-bond acceptors (Lipinski definition) is 4. The van der Waals surface area contributed by atoms with Gasteiger partial charge in [-0.2, -0.15) is 0 Å². The van der Waals surface area contributed by atoms with Gasteiger partial charge in [0.05, 0.1) is 17.7 Å². The van der Waals surface area contributed by atoms with E-state index in [2.05, 4.69) is 11.8 Å². The number of aliphatic hydroxyl groups excluding tert-OH is 1. The molecule has 0 heterocycles. The largest absolute Gasteiger partial charge is 0.478 e. The van der Waals surface area contributed by atoms with E-state index in [0.717, 1.165) is 44.3 Å². The molecule has 0 spiro atoms. The fourth-order valence-electron chi connectivity index (χ4n) is 4.74. The van der Waals surface area contributed by atoms with Crippen molar-refractivity contribution in [2.24, 2.45) is 0 Å². The van der Waals surface area contributed by atoms with E-state index in [1.165, 1.54) is 31.7 Å². The lowest BCUT2D eigenvalue weighted by Gasteiger charge is -2.34. The Kier molecular flexibility index (Phi) is 8.86. The first-order valence-electron chi connectivity index (χ1n) is 11.9.